The molecule has 0 aliphatic rings. The third kappa shape index (κ3) is 3.80. The number of aromatic nitrogens is 1. The summed E-state index contributed by atoms with van der Waals surface area (Å²) in [5.41, 5.74) is 2.11. The fourth-order valence-electron chi connectivity index (χ4n) is 2.32. The van der Waals surface area contributed by atoms with Gasteiger partial charge in [-0.05, 0) is 0 Å². The molecule has 3 rings (SSSR count). The van der Waals surface area contributed by atoms with E-state index in [1.165, 1.54) is 0 Å². The van der Waals surface area contributed by atoms with Crippen LogP contribution in [0.1, 0.15) is 10.4 Å². The summed E-state index contributed by atoms with van der Waals surface area (Å²) in [6.07, 6.45) is 3.72. The van der Waals surface area contributed by atoms with E-state index in [-0.39, 0.29) is 5.78 Å². The first-order valence-electron chi connectivity index (χ1n) is 7.55. The summed E-state index contributed by atoms with van der Waals surface area (Å²) in [6, 6.07) is 24.8. The molecule has 1 N–H and O–H groups in total. The van der Waals surface area contributed by atoms with Crippen LogP contribution in [-0.4, -0.2) is 21.8 Å². The van der Waals surface area contributed by atoms with Crippen LogP contribution < -0.4 is 9.88 Å². The molecule has 118 valence electrons. The molecule has 3 aromatic rings. The van der Waals surface area contributed by atoms with Crippen molar-refractivity contribution in [1.82, 2.24) is 0 Å². The SMILES string of the molecule is O=C(/C(=C(\[Se-])Nc1ccccc1)[n+]1ccccc1)c1ccccc1. The number of ketones is 1. The molecule has 2 aromatic carbocycles. The van der Waals surface area contributed by atoms with Crippen LogP contribution in [0.4, 0.5) is 5.69 Å². The maximum absolute atomic E-state index is 13.0. The van der Waals surface area contributed by atoms with E-state index in [2.05, 4.69) is 21.3 Å². The summed E-state index contributed by atoms with van der Waals surface area (Å²) in [6.45, 7) is 0. The fraction of sp³-hybridized carbons (Fsp3) is 0. The van der Waals surface area contributed by atoms with Crippen molar-refractivity contribution >= 4 is 33.2 Å². The van der Waals surface area contributed by atoms with Crippen molar-refractivity contribution < 1.29 is 9.36 Å². The third-order valence-corrected chi connectivity index (χ3v) is 4.09. The first kappa shape index (κ1) is 16.2. The van der Waals surface area contributed by atoms with Crippen LogP contribution >= 0.6 is 0 Å². The number of pyridine rings is 1. The molecule has 0 unspecified atom stereocenters. The number of anilines is 1. The second kappa shape index (κ2) is 7.73. The molecule has 0 aliphatic heterocycles. The molecule has 0 spiro atoms. The summed E-state index contributed by atoms with van der Waals surface area (Å²) in [5.74, 6) is -0.0519. The van der Waals surface area contributed by atoms with Gasteiger partial charge in [-0.2, -0.15) is 0 Å². The van der Waals surface area contributed by atoms with Crippen molar-refractivity contribution in [3.63, 3.8) is 0 Å². The summed E-state index contributed by atoms with van der Waals surface area (Å²) < 4.78 is 2.49. The molecule has 0 bridgehead atoms. The molecule has 3 nitrogen and oxygen atoms in total. The molecule has 0 saturated heterocycles. The number of Topliss-reactive ketones (excluding diaryl/α,β-unsaturated/α-hetero) is 1. The van der Waals surface area contributed by atoms with E-state index in [0.717, 1.165) is 5.69 Å². The average Bonchev–Trinajstić information content (AvgIpc) is 2.64. The van der Waals surface area contributed by atoms with Gasteiger partial charge in [-0.3, -0.25) is 0 Å². The Labute approximate surface area is 149 Å². The van der Waals surface area contributed by atoms with Crippen molar-refractivity contribution in [2.75, 3.05) is 5.32 Å². The Kier molecular flexibility index (Phi) is 5.21. The van der Waals surface area contributed by atoms with Gasteiger partial charge in [0.05, 0.1) is 0 Å². The van der Waals surface area contributed by atoms with E-state index in [1.54, 1.807) is 0 Å². The first-order chi connectivity index (χ1) is 11.8. The van der Waals surface area contributed by atoms with Crippen LogP contribution in [0, 0.1) is 0 Å². The summed E-state index contributed by atoms with van der Waals surface area (Å²) in [5, 5.41) is 3.27. The molecule has 0 aliphatic carbocycles. The van der Waals surface area contributed by atoms with Crippen molar-refractivity contribution in [3.8, 4) is 0 Å². The number of allylic oxidation sites excluding steroid dienone is 1. The third-order valence-electron chi connectivity index (χ3n) is 3.47. The van der Waals surface area contributed by atoms with E-state index >= 15 is 0 Å². The summed E-state index contributed by atoms with van der Waals surface area (Å²) in [4.78, 5) is 13.0. The van der Waals surface area contributed by atoms with Gasteiger partial charge in [0, 0.05) is 0 Å². The van der Waals surface area contributed by atoms with Gasteiger partial charge in [0.15, 0.2) is 0 Å². The number of carbonyl (C=O) groups excluding carboxylic acids is 1. The van der Waals surface area contributed by atoms with Crippen molar-refractivity contribution in [2.45, 2.75) is 0 Å². The number of rotatable bonds is 5. The van der Waals surface area contributed by atoms with Crippen LogP contribution in [0.3, 0.4) is 0 Å². The Balaban J connectivity index is 2.05. The Morgan fingerprint density at radius 3 is 1.96 bits per heavy atom. The molecule has 1 heterocycles. The average molecular weight is 379 g/mol. The predicted octanol–water partition coefficient (Wildman–Crippen LogP) is 3.26. The van der Waals surface area contributed by atoms with Crippen molar-refractivity contribution in [1.29, 1.82) is 0 Å². The summed E-state index contributed by atoms with van der Waals surface area (Å²) in [7, 11) is 0. The van der Waals surface area contributed by atoms with Crippen LogP contribution in [0.5, 0.6) is 0 Å². The number of para-hydroxylation sites is 1. The van der Waals surface area contributed by atoms with Gasteiger partial charge >= 0.3 is 149 Å². The Hall–Kier alpha value is -2.68. The van der Waals surface area contributed by atoms with Gasteiger partial charge in [0.1, 0.15) is 0 Å². The Morgan fingerprint density at radius 1 is 0.792 bits per heavy atom. The number of hydrogen-bond acceptors (Lipinski definition) is 2. The van der Waals surface area contributed by atoms with E-state index in [4.69, 9.17) is 0 Å². The van der Waals surface area contributed by atoms with Crippen LogP contribution in [-0.2, 0) is 0 Å². The Morgan fingerprint density at radius 2 is 1.33 bits per heavy atom. The minimum absolute atomic E-state index is 0.0519. The minimum atomic E-state index is -0.0519. The Bertz CT molecular complexity index is 847. The number of benzene rings is 2. The molecule has 1 aromatic heterocycles. The molecule has 0 atom stereocenters. The topological polar surface area (TPSA) is 33.0 Å². The number of nitrogens with zero attached hydrogens (tertiary/aromatic N) is 1. The fourth-order valence-corrected chi connectivity index (χ4v) is 2.99. The molecule has 24 heavy (non-hydrogen) atoms. The predicted molar refractivity (Wildman–Crippen MR) is 96.4 cm³/mol. The second-order valence-corrected chi connectivity index (χ2v) is 6.00. The van der Waals surface area contributed by atoms with Crippen LogP contribution in [0.2, 0.25) is 0 Å². The maximum atomic E-state index is 13.0. The standard InChI is InChI=1S/C20H16N2OSe/c23-19(16-10-4-1-5-11-16)18(22-14-8-3-9-15-22)20(24)21-17-12-6-2-7-13-17/h1-15H,(H-,21,23,24). The second-order valence-electron chi connectivity index (χ2n) is 5.15. The zero-order chi connectivity index (χ0) is 16.8. The summed E-state index contributed by atoms with van der Waals surface area (Å²) >= 11 is 3.00. The van der Waals surface area contributed by atoms with Gasteiger partial charge in [-0.25, -0.2) is 0 Å². The quantitative estimate of drug-likeness (QED) is 0.320. The molecule has 4 heteroatoms. The van der Waals surface area contributed by atoms with E-state index in [0.29, 0.717) is 15.9 Å². The molecular formula is C20H16N2OSe. The van der Waals surface area contributed by atoms with Gasteiger partial charge in [0.25, 0.3) is 0 Å². The van der Waals surface area contributed by atoms with Gasteiger partial charge < -0.3 is 0 Å². The van der Waals surface area contributed by atoms with Crippen LogP contribution in [0.25, 0.3) is 5.70 Å². The van der Waals surface area contributed by atoms with E-state index in [9.17, 15) is 4.79 Å². The number of carbonyl (C=O) groups is 1. The molecule has 0 saturated carbocycles. The zero-order valence-corrected chi connectivity index (χ0v) is 14.6. The first-order valence-corrected chi connectivity index (χ1v) is 8.41. The monoisotopic (exact) mass is 380 g/mol. The molecule has 0 radical (unpaired) electrons. The number of nitrogens with one attached hydrogen (secondary N) is 1. The van der Waals surface area contributed by atoms with Crippen molar-refractivity contribution in [3.05, 3.63) is 101 Å². The van der Waals surface area contributed by atoms with E-state index in [1.807, 2.05) is 95.8 Å². The normalized spacial score (nSPS) is 11.5. The van der Waals surface area contributed by atoms with Gasteiger partial charge in [0.2, 0.25) is 0 Å². The van der Waals surface area contributed by atoms with Crippen molar-refractivity contribution in [2.24, 2.45) is 0 Å². The van der Waals surface area contributed by atoms with Gasteiger partial charge in [-0.15, -0.1) is 0 Å². The molecular weight excluding hydrogens is 363 g/mol. The van der Waals surface area contributed by atoms with E-state index < -0.39 is 0 Å². The van der Waals surface area contributed by atoms with Crippen LogP contribution in [0.15, 0.2) is 95.9 Å². The molecule has 0 fully saturated rings. The van der Waals surface area contributed by atoms with Gasteiger partial charge in [-0.1, -0.05) is 0 Å². The molecule has 0 amide bonds. The number of hydrogen-bond donors (Lipinski definition) is 1. The zero-order valence-electron chi connectivity index (χ0n) is 12.9.